The van der Waals surface area contributed by atoms with E-state index in [1.807, 2.05) is 4.90 Å². The minimum absolute atomic E-state index is 0.0476. The number of aromatic nitrogens is 4. The molecule has 1 aromatic rings. The maximum absolute atomic E-state index is 12.3. The molecule has 6 nitrogen and oxygen atoms in total. The highest BCUT2D eigenvalue weighted by molar-refractivity contribution is 5.85. The second-order valence-electron chi connectivity index (χ2n) is 5.85. The molecule has 98 valence electrons. The number of rotatable bonds is 3. The van der Waals surface area contributed by atoms with Crippen LogP contribution >= 0.6 is 0 Å². The third kappa shape index (κ3) is 2.23. The van der Waals surface area contributed by atoms with Crippen molar-refractivity contribution >= 4 is 5.91 Å². The summed E-state index contributed by atoms with van der Waals surface area (Å²) in [5.74, 6) is 1.58. The minimum Gasteiger partial charge on any atom is -0.342 e. The van der Waals surface area contributed by atoms with Crippen LogP contribution < -0.4 is 0 Å². The zero-order valence-electron chi connectivity index (χ0n) is 10.7. The van der Waals surface area contributed by atoms with E-state index in [1.165, 1.54) is 0 Å². The van der Waals surface area contributed by atoms with E-state index in [-0.39, 0.29) is 5.41 Å². The van der Waals surface area contributed by atoms with Crippen molar-refractivity contribution in [1.82, 2.24) is 25.5 Å². The number of amides is 1. The van der Waals surface area contributed by atoms with Crippen molar-refractivity contribution < 1.29 is 4.79 Å². The maximum Gasteiger partial charge on any atom is 0.228 e. The van der Waals surface area contributed by atoms with Gasteiger partial charge in [0.15, 0.2) is 5.82 Å². The molecule has 1 N–H and O–H groups in total. The number of nitrogens with zero attached hydrogens (tertiary/aromatic N) is 4. The number of aromatic amines is 1. The van der Waals surface area contributed by atoms with Crippen LogP contribution in [0.15, 0.2) is 0 Å². The van der Waals surface area contributed by atoms with Crippen LogP contribution in [0.25, 0.3) is 0 Å². The Morgan fingerprint density at radius 1 is 1.56 bits per heavy atom. The quantitative estimate of drug-likeness (QED) is 0.859. The smallest absolute Gasteiger partial charge is 0.228 e. The van der Waals surface area contributed by atoms with Gasteiger partial charge in [0.2, 0.25) is 5.91 Å². The number of nitrogens with one attached hydrogen (secondary N) is 1. The molecule has 2 aliphatic rings. The Labute approximate surface area is 106 Å². The summed E-state index contributed by atoms with van der Waals surface area (Å²) in [6.45, 7) is 3.85. The van der Waals surface area contributed by atoms with E-state index < -0.39 is 0 Å². The molecule has 1 aromatic heterocycles. The number of likely N-dealkylation sites (tertiary alicyclic amines) is 1. The monoisotopic (exact) mass is 249 g/mol. The second kappa shape index (κ2) is 4.33. The molecule has 1 amide bonds. The van der Waals surface area contributed by atoms with Crippen LogP contribution in [0.2, 0.25) is 0 Å². The van der Waals surface area contributed by atoms with Crippen molar-refractivity contribution in [3.8, 4) is 0 Å². The van der Waals surface area contributed by atoms with Gasteiger partial charge < -0.3 is 4.90 Å². The first-order chi connectivity index (χ1) is 8.67. The molecule has 1 aliphatic heterocycles. The molecule has 2 fully saturated rings. The highest BCUT2D eigenvalue weighted by atomic mass is 16.2. The summed E-state index contributed by atoms with van der Waals surface area (Å²) < 4.78 is 0. The molecule has 3 rings (SSSR count). The highest BCUT2D eigenvalue weighted by Crippen LogP contribution is 2.47. The topological polar surface area (TPSA) is 74.8 Å². The summed E-state index contributed by atoms with van der Waals surface area (Å²) in [6, 6.07) is 0. The lowest BCUT2D eigenvalue weighted by atomic mass is 9.93. The average Bonchev–Trinajstić information content (AvgIpc) is 2.92. The van der Waals surface area contributed by atoms with E-state index in [1.54, 1.807) is 0 Å². The van der Waals surface area contributed by atoms with E-state index in [4.69, 9.17) is 0 Å². The molecule has 18 heavy (non-hydrogen) atoms. The van der Waals surface area contributed by atoms with Gasteiger partial charge in [0.1, 0.15) is 0 Å². The lowest BCUT2D eigenvalue weighted by molar-refractivity contribution is -0.138. The van der Waals surface area contributed by atoms with Crippen LogP contribution in [0.3, 0.4) is 0 Å². The molecule has 1 unspecified atom stereocenters. The predicted octanol–water partition coefficient (Wildman–Crippen LogP) is 0.781. The molecule has 1 atom stereocenters. The number of hydrogen-bond acceptors (Lipinski definition) is 4. The summed E-state index contributed by atoms with van der Waals surface area (Å²) in [5, 5.41) is 14.0. The number of tetrazole rings is 1. The van der Waals surface area contributed by atoms with E-state index in [9.17, 15) is 4.79 Å². The fraction of sp³-hybridized carbons (Fsp3) is 0.833. The summed E-state index contributed by atoms with van der Waals surface area (Å²) in [5.41, 5.74) is -0.0476. The third-order valence-corrected chi connectivity index (χ3v) is 4.18. The zero-order valence-corrected chi connectivity index (χ0v) is 10.7. The zero-order chi connectivity index (χ0) is 12.6. The van der Waals surface area contributed by atoms with Crippen LogP contribution in [0.1, 0.15) is 38.4 Å². The lowest BCUT2D eigenvalue weighted by Gasteiger charge is -2.34. The van der Waals surface area contributed by atoms with Gasteiger partial charge in [-0.05, 0) is 31.6 Å². The molecule has 1 aliphatic carbocycles. The Bertz CT molecular complexity index is 426. The van der Waals surface area contributed by atoms with Gasteiger partial charge in [-0.15, -0.1) is 10.2 Å². The van der Waals surface area contributed by atoms with Crippen molar-refractivity contribution in [3.63, 3.8) is 0 Å². The van der Waals surface area contributed by atoms with Gasteiger partial charge in [0, 0.05) is 24.9 Å². The molecular weight excluding hydrogens is 230 g/mol. The molecule has 1 saturated heterocycles. The van der Waals surface area contributed by atoms with Crippen molar-refractivity contribution in [2.24, 2.45) is 11.3 Å². The van der Waals surface area contributed by atoms with Crippen LogP contribution in [0.5, 0.6) is 0 Å². The van der Waals surface area contributed by atoms with Crippen LogP contribution in [-0.2, 0) is 11.2 Å². The molecule has 2 heterocycles. The van der Waals surface area contributed by atoms with Gasteiger partial charge in [0.05, 0.1) is 0 Å². The minimum atomic E-state index is -0.0476. The molecule has 0 spiro atoms. The van der Waals surface area contributed by atoms with Crippen molar-refractivity contribution in [1.29, 1.82) is 0 Å². The Morgan fingerprint density at radius 2 is 2.39 bits per heavy atom. The van der Waals surface area contributed by atoms with Crippen LogP contribution in [0, 0.1) is 11.3 Å². The average molecular weight is 249 g/mol. The fourth-order valence-corrected chi connectivity index (χ4v) is 2.73. The van der Waals surface area contributed by atoms with Gasteiger partial charge in [-0.2, -0.15) is 5.21 Å². The first-order valence-corrected chi connectivity index (χ1v) is 6.69. The Balaban J connectivity index is 1.60. The Morgan fingerprint density at radius 3 is 3.06 bits per heavy atom. The molecule has 0 radical (unpaired) electrons. The SMILES string of the molecule is CC1(C(=O)N2CCCC(Cc3nn[nH]n3)C2)CC1. The van der Waals surface area contributed by atoms with E-state index >= 15 is 0 Å². The number of carbonyl (C=O) groups excluding carboxylic acids is 1. The van der Waals surface area contributed by atoms with Crippen LogP contribution in [-0.4, -0.2) is 44.5 Å². The lowest BCUT2D eigenvalue weighted by Crippen LogP contribution is -2.43. The van der Waals surface area contributed by atoms with Gasteiger partial charge >= 0.3 is 0 Å². The van der Waals surface area contributed by atoms with Crippen LogP contribution in [0.4, 0.5) is 0 Å². The van der Waals surface area contributed by atoms with Crippen molar-refractivity contribution in [2.75, 3.05) is 13.1 Å². The van der Waals surface area contributed by atoms with Gasteiger partial charge in [0.25, 0.3) is 0 Å². The van der Waals surface area contributed by atoms with Gasteiger partial charge in [-0.25, -0.2) is 0 Å². The maximum atomic E-state index is 12.3. The summed E-state index contributed by atoms with van der Waals surface area (Å²) in [6.07, 6.45) is 5.16. The van der Waals surface area contributed by atoms with E-state index in [0.29, 0.717) is 11.8 Å². The summed E-state index contributed by atoms with van der Waals surface area (Å²) in [7, 11) is 0. The molecular formula is C12H19N5O. The number of hydrogen-bond donors (Lipinski definition) is 1. The normalized spacial score (nSPS) is 26.1. The first-order valence-electron chi connectivity index (χ1n) is 6.69. The van der Waals surface area contributed by atoms with Crippen molar-refractivity contribution in [3.05, 3.63) is 5.82 Å². The molecule has 6 heteroatoms. The van der Waals surface area contributed by atoms with Crippen molar-refractivity contribution in [2.45, 2.75) is 39.0 Å². The standard InChI is InChI=1S/C12H19N5O/c1-12(4-5-12)11(18)17-6-2-3-9(8-17)7-10-13-15-16-14-10/h9H,2-8H2,1H3,(H,13,14,15,16). The largest absolute Gasteiger partial charge is 0.342 e. The van der Waals surface area contributed by atoms with Gasteiger partial charge in [-0.1, -0.05) is 12.1 Å². The second-order valence-corrected chi connectivity index (χ2v) is 5.85. The number of carbonyl (C=O) groups is 1. The van der Waals surface area contributed by atoms with Gasteiger partial charge in [-0.3, -0.25) is 4.79 Å². The Kier molecular flexibility index (Phi) is 2.80. The molecule has 0 bridgehead atoms. The predicted molar refractivity (Wildman–Crippen MR) is 64.5 cm³/mol. The summed E-state index contributed by atoms with van der Waals surface area (Å²) >= 11 is 0. The van der Waals surface area contributed by atoms with E-state index in [2.05, 4.69) is 27.5 Å². The van der Waals surface area contributed by atoms with E-state index in [0.717, 1.165) is 51.0 Å². The first kappa shape index (κ1) is 11.6. The Hall–Kier alpha value is -1.46. The fourth-order valence-electron chi connectivity index (χ4n) is 2.73. The number of piperidine rings is 1. The molecule has 1 saturated carbocycles. The summed E-state index contributed by atoms with van der Waals surface area (Å²) in [4.78, 5) is 14.3. The third-order valence-electron chi connectivity index (χ3n) is 4.18. The number of H-pyrrole nitrogens is 1. The highest BCUT2D eigenvalue weighted by Gasteiger charge is 2.47. The molecule has 0 aromatic carbocycles.